The predicted octanol–water partition coefficient (Wildman–Crippen LogP) is 1.03. The largest absolute Gasteiger partial charge is 0.326 e. The van der Waals surface area contributed by atoms with Crippen molar-refractivity contribution >= 4 is 11.6 Å². The van der Waals surface area contributed by atoms with Crippen LogP contribution in [0.4, 0.5) is 14.5 Å². The smallest absolute Gasteiger partial charge is 0.228 e. The highest BCUT2D eigenvalue weighted by atomic mass is 19.1. The Morgan fingerprint density at radius 3 is 2.73 bits per heavy atom. The van der Waals surface area contributed by atoms with Gasteiger partial charge in [0, 0.05) is 25.1 Å². The van der Waals surface area contributed by atoms with Crippen molar-refractivity contribution < 1.29 is 13.6 Å². The first-order valence-corrected chi connectivity index (χ1v) is 4.59. The second-order valence-corrected chi connectivity index (χ2v) is 3.56. The molecular formula is C10H10F2N2O. The Hall–Kier alpha value is -1.49. The van der Waals surface area contributed by atoms with Crippen molar-refractivity contribution in [3.05, 3.63) is 29.8 Å². The molecule has 2 N–H and O–H groups in total. The summed E-state index contributed by atoms with van der Waals surface area (Å²) in [6, 6.07) is 2.71. The van der Waals surface area contributed by atoms with Gasteiger partial charge in [-0.3, -0.25) is 4.79 Å². The maximum absolute atomic E-state index is 13.3. The molecule has 1 aromatic carbocycles. The van der Waals surface area contributed by atoms with Gasteiger partial charge in [-0.2, -0.15) is 0 Å². The average molecular weight is 212 g/mol. The van der Waals surface area contributed by atoms with Crippen molar-refractivity contribution in [2.45, 2.75) is 12.5 Å². The first-order chi connectivity index (χ1) is 7.08. The normalized spacial score (nSPS) is 21.1. The third kappa shape index (κ3) is 1.83. The van der Waals surface area contributed by atoms with E-state index in [2.05, 4.69) is 0 Å². The van der Waals surface area contributed by atoms with Gasteiger partial charge < -0.3 is 10.6 Å². The van der Waals surface area contributed by atoms with Gasteiger partial charge in [0.2, 0.25) is 5.91 Å². The molecule has 1 fully saturated rings. The highest BCUT2D eigenvalue weighted by molar-refractivity contribution is 5.96. The molecule has 0 bridgehead atoms. The van der Waals surface area contributed by atoms with Crippen molar-refractivity contribution in [3.8, 4) is 0 Å². The molecule has 1 unspecified atom stereocenters. The Morgan fingerprint density at radius 1 is 1.40 bits per heavy atom. The summed E-state index contributed by atoms with van der Waals surface area (Å²) in [4.78, 5) is 12.6. The van der Waals surface area contributed by atoms with Crippen molar-refractivity contribution in [1.29, 1.82) is 0 Å². The molecule has 1 atom stereocenters. The maximum Gasteiger partial charge on any atom is 0.228 e. The van der Waals surface area contributed by atoms with Crippen LogP contribution < -0.4 is 10.6 Å². The summed E-state index contributed by atoms with van der Waals surface area (Å²) in [5.74, 6) is -1.45. The van der Waals surface area contributed by atoms with Crippen molar-refractivity contribution in [2.75, 3.05) is 11.4 Å². The zero-order valence-electron chi connectivity index (χ0n) is 7.91. The summed E-state index contributed by atoms with van der Waals surface area (Å²) in [7, 11) is 0. The Kier molecular flexibility index (Phi) is 2.40. The van der Waals surface area contributed by atoms with Crippen LogP contribution in [0.5, 0.6) is 0 Å². The highest BCUT2D eigenvalue weighted by Gasteiger charge is 2.29. The lowest BCUT2D eigenvalue weighted by Crippen LogP contribution is -2.28. The van der Waals surface area contributed by atoms with Gasteiger partial charge in [0.15, 0.2) is 0 Å². The number of carbonyl (C=O) groups excluding carboxylic acids is 1. The summed E-state index contributed by atoms with van der Waals surface area (Å²) in [6.45, 7) is 0.235. The van der Waals surface area contributed by atoms with E-state index < -0.39 is 11.6 Å². The fraction of sp³-hybridized carbons (Fsp3) is 0.300. The molecule has 1 saturated heterocycles. The van der Waals surface area contributed by atoms with Crippen LogP contribution in [0.25, 0.3) is 0 Å². The molecule has 0 radical (unpaired) electrons. The third-order valence-corrected chi connectivity index (χ3v) is 2.35. The number of benzene rings is 1. The molecular weight excluding hydrogens is 202 g/mol. The molecule has 3 nitrogen and oxygen atoms in total. The summed E-state index contributed by atoms with van der Waals surface area (Å²) in [5, 5.41) is 0. The third-order valence-electron chi connectivity index (χ3n) is 2.35. The zero-order chi connectivity index (χ0) is 11.0. The molecule has 5 heteroatoms. The standard InChI is InChI=1S/C10H10F2N2O/c11-6-1-2-8(12)9(3-6)14-5-7(13)4-10(14)15/h1-3,7H,4-5,13H2. The lowest BCUT2D eigenvalue weighted by molar-refractivity contribution is -0.117. The van der Waals surface area contributed by atoms with Crippen LogP contribution in [-0.2, 0) is 4.79 Å². The Balaban J connectivity index is 2.37. The molecule has 80 valence electrons. The number of anilines is 1. The van der Waals surface area contributed by atoms with Gasteiger partial charge in [-0.1, -0.05) is 0 Å². The number of hydrogen-bond acceptors (Lipinski definition) is 2. The van der Waals surface area contributed by atoms with E-state index in [0.29, 0.717) is 0 Å². The number of hydrogen-bond donors (Lipinski definition) is 1. The number of rotatable bonds is 1. The zero-order valence-corrected chi connectivity index (χ0v) is 7.91. The minimum Gasteiger partial charge on any atom is -0.326 e. The topological polar surface area (TPSA) is 46.3 Å². The molecule has 2 rings (SSSR count). The van der Waals surface area contributed by atoms with Crippen molar-refractivity contribution in [3.63, 3.8) is 0 Å². The molecule has 1 amide bonds. The quantitative estimate of drug-likeness (QED) is 0.755. The predicted molar refractivity (Wildman–Crippen MR) is 51.3 cm³/mol. The van der Waals surface area contributed by atoms with Crippen molar-refractivity contribution in [2.24, 2.45) is 5.73 Å². The van der Waals surface area contributed by atoms with Crippen LogP contribution in [0, 0.1) is 11.6 Å². The van der Waals surface area contributed by atoms with E-state index in [1.54, 1.807) is 0 Å². The first kappa shape index (κ1) is 10.0. The maximum atomic E-state index is 13.3. The number of nitrogens with two attached hydrogens (primary N) is 1. The van der Waals surface area contributed by atoms with E-state index in [-0.39, 0.29) is 30.6 Å². The van der Waals surface area contributed by atoms with Gasteiger partial charge in [0.05, 0.1) is 5.69 Å². The number of halogens is 2. The van der Waals surface area contributed by atoms with Gasteiger partial charge in [0.25, 0.3) is 0 Å². The second-order valence-electron chi connectivity index (χ2n) is 3.56. The highest BCUT2D eigenvalue weighted by Crippen LogP contribution is 2.24. The van der Waals surface area contributed by atoms with Gasteiger partial charge in [-0.05, 0) is 12.1 Å². The Bertz CT molecular complexity index is 408. The number of carbonyl (C=O) groups is 1. The van der Waals surface area contributed by atoms with Gasteiger partial charge >= 0.3 is 0 Å². The van der Waals surface area contributed by atoms with Crippen LogP contribution in [0.2, 0.25) is 0 Å². The molecule has 0 aromatic heterocycles. The molecule has 1 heterocycles. The van der Waals surface area contributed by atoms with E-state index >= 15 is 0 Å². The molecule has 1 aliphatic heterocycles. The lowest BCUT2D eigenvalue weighted by atomic mass is 10.2. The van der Waals surface area contributed by atoms with Gasteiger partial charge in [-0.15, -0.1) is 0 Å². The monoisotopic (exact) mass is 212 g/mol. The van der Waals surface area contributed by atoms with Gasteiger partial charge in [0.1, 0.15) is 11.6 Å². The van der Waals surface area contributed by atoms with Crippen LogP contribution in [-0.4, -0.2) is 18.5 Å². The minimum atomic E-state index is -0.612. The van der Waals surface area contributed by atoms with E-state index in [1.165, 1.54) is 4.90 Å². The fourth-order valence-electron chi connectivity index (χ4n) is 1.66. The first-order valence-electron chi connectivity index (χ1n) is 4.59. The van der Waals surface area contributed by atoms with E-state index in [1.807, 2.05) is 0 Å². The molecule has 1 aromatic rings. The van der Waals surface area contributed by atoms with E-state index in [0.717, 1.165) is 18.2 Å². The van der Waals surface area contributed by atoms with E-state index in [4.69, 9.17) is 5.73 Å². The molecule has 15 heavy (non-hydrogen) atoms. The Morgan fingerprint density at radius 2 is 2.13 bits per heavy atom. The van der Waals surface area contributed by atoms with Crippen LogP contribution >= 0.6 is 0 Å². The summed E-state index contributed by atoms with van der Waals surface area (Å²) >= 11 is 0. The van der Waals surface area contributed by atoms with Crippen LogP contribution in [0.15, 0.2) is 18.2 Å². The molecule has 1 aliphatic rings. The summed E-state index contributed by atoms with van der Waals surface area (Å²) in [5.41, 5.74) is 5.53. The average Bonchev–Trinajstić information content (AvgIpc) is 2.50. The van der Waals surface area contributed by atoms with E-state index in [9.17, 15) is 13.6 Å². The second kappa shape index (κ2) is 3.58. The molecule has 0 aliphatic carbocycles. The number of amides is 1. The summed E-state index contributed by atoms with van der Waals surface area (Å²) < 4.78 is 26.2. The fourth-order valence-corrected chi connectivity index (χ4v) is 1.66. The lowest BCUT2D eigenvalue weighted by Gasteiger charge is -2.16. The SMILES string of the molecule is NC1CC(=O)N(c2cc(F)ccc2F)C1. The molecule has 0 spiro atoms. The Labute approximate surface area is 85.5 Å². The van der Waals surface area contributed by atoms with Crippen LogP contribution in [0.3, 0.4) is 0 Å². The van der Waals surface area contributed by atoms with Crippen LogP contribution in [0.1, 0.15) is 6.42 Å². The summed E-state index contributed by atoms with van der Waals surface area (Å²) in [6.07, 6.45) is 0.177. The minimum absolute atomic E-state index is 0.0343. The van der Waals surface area contributed by atoms with Crippen molar-refractivity contribution in [1.82, 2.24) is 0 Å². The molecule has 0 saturated carbocycles. The van der Waals surface area contributed by atoms with Gasteiger partial charge in [-0.25, -0.2) is 8.78 Å². The number of nitrogens with zero attached hydrogens (tertiary/aromatic N) is 1.